The van der Waals surface area contributed by atoms with Crippen LogP contribution in [0.15, 0.2) is 0 Å². The molecule has 1 radical (unpaired) electrons. The Hall–Kier alpha value is 0.869. The molecule has 0 unspecified atom stereocenters. The molecule has 0 aliphatic heterocycles. The van der Waals surface area contributed by atoms with Crippen molar-refractivity contribution in [2.24, 2.45) is 0 Å². The van der Waals surface area contributed by atoms with E-state index >= 15 is 0 Å². The molecule has 8 nitrogen and oxygen atoms in total. The molecule has 13 heavy (non-hydrogen) atoms. The summed E-state index contributed by atoms with van der Waals surface area (Å²) in [5.41, 5.74) is 0. The monoisotopic (exact) mass is 320 g/mol. The normalized spacial score (nSPS) is 12.3. The zero-order valence-electron chi connectivity index (χ0n) is 6.20. The summed E-state index contributed by atoms with van der Waals surface area (Å²) in [6, 6.07) is 0. The first-order valence-electron chi connectivity index (χ1n) is 2.71. The van der Waals surface area contributed by atoms with Crippen molar-refractivity contribution < 1.29 is 53.3 Å². The third-order valence-corrected chi connectivity index (χ3v) is 1.83. The predicted molar refractivity (Wildman–Crippen MR) is 38.0 cm³/mol. The van der Waals surface area contributed by atoms with E-state index in [4.69, 9.17) is 19.6 Å². The van der Waals surface area contributed by atoms with E-state index in [0.717, 1.165) is 0 Å². The van der Waals surface area contributed by atoms with Gasteiger partial charge in [0.15, 0.2) is 0 Å². The average Bonchev–Trinajstić information content (AvgIpc) is 1.76. The van der Waals surface area contributed by atoms with Gasteiger partial charge in [-0.25, -0.2) is 14.2 Å². The number of hydrogen-bond donors (Lipinski definition) is 5. The van der Waals surface area contributed by atoms with Crippen LogP contribution in [-0.4, -0.2) is 32.7 Å². The second-order valence-electron chi connectivity index (χ2n) is 1.78. The maximum atomic E-state index is 10.1. The van der Waals surface area contributed by atoms with Crippen molar-refractivity contribution in [1.82, 2.24) is 5.09 Å². The minimum absolute atomic E-state index is 0. The molecule has 5 N–H and O–H groups in total. The molecule has 0 amide bonds. The van der Waals surface area contributed by atoms with Gasteiger partial charge in [-0.1, -0.05) is 0 Å². The fourth-order valence-corrected chi connectivity index (χ4v) is 1.07. The van der Waals surface area contributed by atoms with E-state index in [9.17, 15) is 9.13 Å². The van der Waals surface area contributed by atoms with Crippen LogP contribution in [0.5, 0.6) is 0 Å². The molecule has 0 spiro atoms. The summed E-state index contributed by atoms with van der Waals surface area (Å²) >= 11 is 0. The quantitative estimate of drug-likeness (QED) is 0.314. The van der Waals surface area contributed by atoms with E-state index < -0.39 is 22.2 Å². The molecule has 0 aromatic carbocycles. The summed E-state index contributed by atoms with van der Waals surface area (Å²) in [6.45, 7) is -0.815. The molecule has 0 atom stereocenters. The zero-order valence-corrected chi connectivity index (χ0v) is 9.85. The van der Waals surface area contributed by atoms with E-state index in [1.165, 1.54) is 0 Å². The van der Waals surface area contributed by atoms with Crippen LogP contribution in [0.3, 0.4) is 0 Å². The molecule has 0 saturated carbocycles. The molecule has 81 valence electrons. The molecule has 0 aliphatic rings. The van der Waals surface area contributed by atoms with Gasteiger partial charge in [0.05, 0.1) is 6.61 Å². The topological polar surface area (TPSA) is 136 Å². The molecule has 0 rings (SSSR count). The summed E-state index contributed by atoms with van der Waals surface area (Å²) < 4.78 is 24.0. The van der Waals surface area contributed by atoms with Gasteiger partial charge in [0.2, 0.25) is 0 Å². The van der Waals surface area contributed by atoms with E-state index in [-0.39, 0.29) is 26.7 Å². The summed E-state index contributed by atoms with van der Waals surface area (Å²) in [4.78, 5) is 32.6. The molecule has 0 aliphatic carbocycles. The van der Waals surface area contributed by atoms with Crippen molar-refractivity contribution in [2.75, 3.05) is 13.2 Å². The summed E-state index contributed by atoms with van der Waals surface area (Å²) in [5, 5.41) is 1.69. The fourth-order valence-electron chi connectivity index (χ4n) is 0.356. The Balaban J connectivity index is 0. The van der Waals surface area contributed by atoms with Gasteiger partial charge in [0.25, 0.3) is 0 Å². The van der Waals surface area contributed by atoms with E-state index in [1.54, 1.807) is 5.09 Å². The molecular weight excluding hydrogens is 311 g/mol. The second-order valence-corrected chi connectivity index (χ2v) is 4.42. The van der Waals surface area contributed by atoms with Gasteiger partial charge < -0.3 is 19.6 Å². The third-order valence-electron chi connectivity index (χ3n) is 0.679. The van der Waals surface area contributed by atoms with Crippen LogP contribution in [0.25, 0.3) is 0 Å². The molecular formula is C2H9NO7P2Tc. The van der Waals surface area contributed by atoms with Crippen molar-refractivity contribution in [3.8, 4) is 0 Å². The van der Waals surface area contributed by atoms with Crippen LogP contribution < -0.4 is 5.09 Å². The number of phosphoric acid groups is 1. The number of nitrogens with one attached hydrogen (secondary N) is 1. The molecule has 0 heterocycles. The van der Waals surface area contributed by atoms with Crippen LogP contribution in [-0.2, 0) is 33.8 Å². The fraction of sp³-hybridized carbons (Fsp3) is 1.00. The smallest absolute Gasteiger partial charge is 0.313 e. The van der Waals surface area contributed by atoms with Gasteiger partial charge in [-0.15, -0.1) is 0 Å². The van der Waals surface area contributed by atoms with Crippen LogP contribution in [0.4, 0.5) is 0 Å². The summed E-state index contributed by atoms with van der Waals surface area (Å²) in [7, 11) is -8.87. The summed E-state index contributed by atoms with van der Waals surface area (Å²) in [5.74, 6) is 0. The Morgan fingerprint density at radius 2 is 1.62 bits per heavy atom. The van der Waals surface area contributed by atoms with Crippen LogP contribution >= 0.6 is 15.6 Å². The number of phosphoric ester groups is 1. The third kappa shape index (κ3) is 15.6. The first-order valence-corrected chi connectivity index (χ1v) is 5.86. The molecule has 0 aromatic heterocycles. The molecule has 0 bridgehead atoms. The maximum absolute atomic E-state index is 10.1. The molecule has 0 saturated heterocycles. The van der Waals surface area contributed by atoms with Gasteiger partial charge in [0, 0.05) is 26.7 Å². The largest absolute Gasteiger partial charge is 0.469 e. The number of rotatable bonds is 5. The Morgan fingerprint density at radius 3 is 1.92 bits per heavy atom. The standard InChI is InChI=1S/C2H9NO7P2.Tc/c4-11(5,6)3-1-2-10-12(7,8)9;/h1-2H2,(H2,7,8,9)(H3,3,4,5,6);/i;1+1. The van der Waals surface area contributed by atoms with Crippen LogP contribution in [0.2, 0.25) is 0 Å². The minimum atomic E-state index is -4.54. The van der Waals surface area contributed by atoms with Gasteiger partial charge in [-0.3, -0.25) is 4.52 Å². The van der Waals surface area contributed by atoms with Gasteiger partial charge >= 0.3 is 15.6 Å². The van der Waals surface area contributed by atoms with Crippen molar-refractivity contribution >= 4 is 15.6 Å². The zero-order chi connectivity index (χ0) is 9.83. The molecule has 0 aromatic rings. The maximum Gasteiger partial charge on any atom is 0.469 e. The first-order chi connectivity index (χ1) is 5.21. The van der Waals surface area contributed by atoms with Crippen molar-refractivity contribution in [2.45, 2.75) is 0 Å². The SMILES string of the molecule is O=P(O)(O)NCCOP(=O)(O)O.[99Tc]. The Labute approximate surface area is 87.5 Å². The second kappa shape index (κ2) is 6.37. The number of hydrogen-bond acceptors (Lipinski definition) is 3. The van der Waals surface area contributed by atoms with E-state index in [1.807, 2.05) is 0 Å². The van der Waals surface area contributed by atoms with Crippen LogP contribution in [0.1, 0.15) is 0 Å². The van der Waals surface area contributed by atoms with E-state index in [0.29, 0.717) is 0 Å². The molecule has 11 heteroatoms. The minimum Gasteiger partial charge on any atom is -0.313 e. The summed E-state index contributed by atoms with van der Waals surface area (Å²) in [6.07, 6.45) is 0. The Morgan fingerprint density at radius 1 is 1.15 bits per heavy atom. The predicted octanol–water partition coefficient (Wildman–Crippen LogP) is -1.22. The first kappa shape index (κ1) is 16.3. The van der Waals surface area contributed by atoms with Crippen molar-refractivity contribution in [3.63, 3.8) is 0 Å². The van der Waals surface area contributed by atoms with Crippen molar-refractivity contribution in [3.05, 3.63) is 0 Å². The van der Waals surface area contributed by atoms with E-state index in [2.05, 4.69) is 4.52 Å². The average molecular weight is 320 g/mol. The Bertz CT molecular complexity index is 197. The molecule has 0 fully saturated rings. The van der Waals surface area contributed by atoms with Gasteiger partial charge in [0.1, 0.15) is 0 Å². The van der Waals surface area contributed by atoms with Crippen LogP contribution in [0, 0.1) is 0 Å². The van der Waals surface area contributed by atoms with Gasteiger partial charge in [-0.05, 0) is 0 Å². The Kier molecular flexibility index (Phi) is 7.99. The van der Waals surface area contributed by atoms with Gasteiger partial charge in [-0.2, -0.15) is 0 Å². The van der Waals surface area contributed by atoms with Crippen molar-refractivity contribution in [1.29, 1.82) is 0 Å².